The van der Waals surface area contributed by atoms with E-state index < -0.39 is 10.0 Å². The van der Waals surface area contributed by atoms with Crippen molar-refractivity contribution >= 4 is 33.0 Å². The van der Waals surface area contributed by atoms with Crippen molar-refractivity contribution in [1.29, 1.82) is 0 Å². The number of thiazole rings is 1. The van der Waals surface area contributed by atoms with Gasteiger partial charge < -0.3 is 14.8 Å². The molecule has 10 heteroatoms. The second-order valence-electron chi connectivity index (χ2n) is 7.31. The molecule has 0 atom stereocenters. The van der Waals surface area contributed by atoms with Crippen LogP contribution in [-0.2, 0) is 21.4 Å². The third-order valence-corrected chi connectivity index (χ3v) is 8.11. The maximum absolute atomic E-state index is 12.8. The molecule has 1 N–H and O–H groups in total. The molecule has 3 rings (SSSR count). The minimum Gasteiger partial charge on any atom is -0.326 e. The normalized spacial score (nSPS) is 15.9. The summed E-state index contributed by atoms with van der Waals surface area (Å²) in [5, 5.41) is 4.59. The molecular formula is C20H28N4O4S2. The molecule has 0 aliphatic carbocycles. The fraction of sp³-hybridized carbons (Fsp3) is 0.500. The van der Waals surface area contributed by atoms with Crippen LogP contribution in [0.5, 0.6) is 0 Å². The van der Waals surface area contributed by atoms with Crippen LogP contribution < -0.4 is 10.2 Å². The molecule has 8 nitrogen and oxygen atoms in total. The van der Waals surface area contributed by atoms with Crippen molar-refractivity contribution in [3.63, 3.8) is 0 Å². The molecule has 0 saturated carbocycles. The molecule has 1 aromatic heterocycles. The highest BCUT2D eigenvalue weighted by Crippen LogP contribution is 2.20. The number of amides is 1. The van der Waals surface area contributed by atoms with E-state index in [1.165, 1.54) is 16.4 Å². The standard InChI is InChI=1S/C20H28N4O4S2/c1-3-22-11-13-23(14-12-22)30(27,28)18-8-6-17(7-9-18)21-19(25)5-4-10-24-16(2)15-29-20(24)26/h6-9,15H,3-5,10-14H2,1-2H3,(H,21,25). The van der Waals surface area contributed by atoms with E-state index in [0.29, 0.717) is 31.7 Å². The van der Waals surface area contributed by atoms with Crippen molar-refractivity contribution in [2.75, 3.05) is 38.0 Å². The summed E-state index contributed by atoms with van der Waals surface area (Å²) in [4.78, 5) is 26.3. The van der Waals surface area contributed by atoms with Crippen LogP contribution in [0, 0.1) is 6.92 Å². The topological polar surface area (TPSA) is 91.7 Å². The van der Waals surface area contributed by atoms with Gasteiger partial charge in [-0.1, -0.05) is 18.3 Å². The van der Waals surface area contributed by atoms with E-state index in [4.69, 9.17) is 0 Å². The fourth-order valence-corrected chi connectivity index (χ4v) is 5.62. The van der Waals surface area contributed by atoms with E-state index in [-0.39, 0.29) is 22.1 Å². The molecule has 1 fully saturated rings. The summed E-state index contributed by atoms with van der Waals surface area (Å²) >= 11 is 1.16. The van der Waals surface area contributed by atoms with Gasteiger partial charge in [-0.15, -0.1) is 0 Å². The first-order chi connectivity index (χ1) is 14.3. The van der Waals surface area contributed by atoms with Crippen LogP contribution >= 0.6 is 11.3 Å². The van der Waals surface area contributed by atoms with Crippen LogP contribution in [0.15, 0.2) is 39.3 Å². The maximum atomic E-state index is 12.8. The molecule has 1 aromatic carbocycles. The van der Waals surface area contributed by atoms with Crippen molar-refractivity contribution in [1.82, 2.24) is 13.8 Å². The number of hydrogen-bond acceptors (Lipinski definition) is 6. The fourth-order valence-electron chi connectivity index (χ4n) is 3.44. The Bertz CT molecular complexity index is 1020. The van der Waals surface area contributed by atoms with Gasteiger partial charge in [0, 0.05) is 55.9 Å². The molecule has 0 radical (unpaired) electrons. The molecule has 1 amide bonds. The molecule has 2 heterocycles. The van der Waals surface area contributed by atoms with Crippen molar-refractivity contribution in [2.45, 2.75) is 38.1 Å². The molecule has 164 valence electrons. The van der Waals surface area contributed by atoms with Gasteiger partial charge in [-0.25, -0.2) is 8.42 Å². The van der Waals surface area contributed by atoms with Crippen LogP contribution in [0.2, 0.25) is 0 Å². The quantitative estimate of drug-likeness (QED) is 0.661. The van der Waals surface area contributed by atoms with Gasteiger partial charge in [0.25, 0.3) is 0 Å². The molecule has 2 aromatic rings. The molecule has 1 saturated heterocycles. The van der Waals surface area contributed by atoms with Crippen LogP contribution in [0.25, 0.3) is 0 Å². The minimum atomic E-state index is -3.52. The minimum absolute atomic E-state index is 0.0131. The third kappa shape index (κ3) is 5.37. The van der Waals surface area contributed by atoms with Gasteiger partial charge in [0.15, 0.2) is 0 Å². The van der Waals surface area contributed by atoms with E-state index in [2.05, 4.69) is 17.1 Å². The van der Waals surface area contributed by atoms with Gasteiger partial charge in [0.2, 0.25) is 15.9 Å². The number of benzene rings is 1. The highest BCUT2D eigenvalue weighted by molar-refractivity contribution is 7.89. The summed E-state index contributed by atoms with van der Waals surface area (Å²) in [6.45, 7) is 7.82. The zero-order valence-electron chi connectivity index (χ0n) is 17.3. The number of likely N-dealkylation sites (N-methyl/N-ethyl adjacent to an activating group) is 1. The van der Waals surface area contributed by atoms with Crippen molar-refractivity contribution in [3.8, 4) is 0 Å². The third-order valence-electron chi connectivity index (χ3n) is 5.32. The molecule has 0 spiro atoms. The molecular weight excluding hydrogens is 424 g/mol. The molecule has 30 heavy (non-hydrogen) atoms. The van der Waals surface area contributed by atoms with Crippen molar-refractivity contribution in [3.05, 3.63) is 45.0 Å². The number of piperazine rings is 1. The lowest BCUT2D eigenvalue weighted by molar-refractivity contribution is -0.116. The smallest absolute Gasteiger partial charge is 0.307 e. The first kappa shape index (κ1) is 22.7. The number of nitrogens with zero attached hydrogens (tertiary/aromatic N) is 3. The van der Waals surface area contributed by atoms with Crippen molar-refractivity contribution < 1.29 is 13.2 Å². The lowest BCUT2D eigenvalue weighted by Gasteiger charge is -2.33. The summed E-state index contributed by atoms with van der Waals surface area (Å²) in [5.41, 5.74) is 1.46. The van der Waals surface area contributed by atoms with Crippen LogP contribution in [0.4, 0.5) is 5.69 Å². The highest BCUT2D eigenvalue weighted by atomic mass is 32.2. The van der Waals surface area contributed by atoms with Gasteiger partial charge in [-0.05, 0) is 44.2 Å². The van der Waals surface area contributed by atoms with Gasteiger partial charge in [0.05, 0.1) is 4.90 Å². The Morgan fingerprint density at radius 1 is 1.13 bits per heavy atom. The van der Waals surface area contributed by atoms with E-state index in [9.17, 15) is 18.0 Å². The van der Waals surface area contributed by atoms with Gasteiger partial charge in [-0.3, -0.25) is 9.59 Å². The lowest BCUT2D eigenvalue weighted by atomic mass is 10.2. The Morgan fingerprint density at radius 3 is 2.37 bits per heavy atom. The van der Waals surface area contributed by atoms with Gasteiger partial charge in [0.1, 0.15) is 0 Å². The monoisotopic (exact) mass is 452 g/mol. The largest absolute Gasteiger partial charge is 0.326 e. The average Bonchev–Trinajstić information content (AvgIpc) is 3.06. The zero-order valence-corrected chi connectivity index (χ0v) is 19.0. The second kappa shape index (κ2) is 9.86. The maximum Gasteiger partial charge on any atom is 0.307 e. The Kier molecular flexibility index (Phi) is 7.45. The predicted octanol–water partition coefficient (Wildman–Crippen LogP) is 1.96. The number of nitrogens with one attached hydrogen (secondary N) is 1. The second-order valence-corrected chi connectivity index (χ2v) is 10.1. The van der Waals surface area contributed by atoms with Crippen LogP contribution in [0.3, 0.4) is 0 Å². The zero-order chi connectivity index (χ0) is 21.7. The highest BCUT2D eigenvalue weighted by Gasteiger charge is 2.27. The van der Waals surface area contributed by atoms with Crippen LogP contribution in [-0.4, -0.2) is 60.8 Å². The van der Waals surface area contributed by atoms with Crippen molar-refractivity contribution in [2.24, 2.45) is 0 Å². The molecule has 0 bridgehead atoms. The number of aromatic nitrogens is 1. The van der Waals surface area contributed by atoms with E-state index >= 15 is 0 Å². The predicted molar refractivity (Wildman–Crippen MR) is 118 cm³/mol. The average molecular weight is 453 g/mol. The Morgan fingerprint density at radius 2 is 1.80 bits per heavy atom. The number of sulfonamides is 1. The van der Waals surface area contributed by atoms with Gasteiger partial charge >= 0.3 is 4.87 Å². The summed E-state index contributed by atoms with van der Waals surface area (Å²) in [6, 6.07) is 6.29. The summed E-state index contributed by atoms with van der Waals surface area (Å²) in [5.74, 6) is -0.165. The Balaban J connectivity index is 1.52. The van der Waals surface area contributed by atoms with Crippen LogP contribution in [0.1, 0.15) is 25.5 Å². The molecule has 1 aliphatic heterocycles. The summed E-state index contributed by atoms with van der Waals surface area (Å²) < 4.78 is 28.8. The number of carbonyl (C=O) groups is 1. The summed E-state index contributed by atoms with van der Waals surface area (Å²) in [6.07, 6.45) is 0.836. The number of anilines is 1. The number of rotatable bonds is 8. The van der Waals surface area contributed by atoms with Gasteiger partial charge in [-0.2, -0.15) is 4.31 Å². The number of aryl methyl sites for hydroxylation is 1. The summed E-state index contributed by atoms with van der Waals surface area (Å²) in [7, 11) is -3.52. The first-order valence-electron chi connectivity index (χ1n) is 10.1. The first-order valence-corrected chi connectivity index (χ1v) is 12.4. The Labute approximate surface area is 181 Å². The number of carbonyl (C=O) groups excluding carboxylic acids is 1. The molecule has 1 aliphatic rings. The number of hydrogen-bond donors (Lipinski definition) is 1. The van der Waals surface area contributed by atoms with E-state index in [1.807, 2.05) is 12.3 Å². The van der Waals surface area contributed by atoms with E-state index in [0.717, 1.165) is 36.7 Å². The molecule has 0 unspecified atom stereocenters. The lowest BCUT2D eigenvalue weighted by Crippen LogP contribution is -2.48. The SMILES string of the molecule is CCN1CCN(S(=O)(=O)c2ccc(NC(=O)CCCn3c(C)csc3=O)cc2)CC1. The Hall–Kier alpha value is -2.01. The van der Waals surface area contributed by atoms with E-state index in [1.54, 1.807) is 16.7 Å².